The number of aromatic amines is 1. The lowest BCUT2D eigenvalue weighted by Crippen LogP contribution is -2.02. The number of hydrogen-bond acceptors (Lipinski definition) is 1. The van der Waals surface area contributed by atoms with E-state index in [0.717, 1.165) is 22.3 Å². The number of hydrogen-bond donors (Lipinski definition) is 2. The van der Waals surface area contributed by atoms with Gasteiger partial charge in [0, 0.05) is 17.1 Å². The lowest BCUT2D eigenvalue weighted by molar-refractivity contribution is 0.970. The third-order valence-corrected chi connectivity index (χ3v) is 2.44. The van der Waals surface area contributed by atoms with Crippen molar-refractivity contribution in [3.63, 3.8) is 0 Å². The predicted octanol–water partition coefficient (Wildman–Crippen LogP) is 2.32. The summed E-state index contributed by atoms with van der Waals surface area (Å²) < 4.78 is 0. The molecule has 1 aromatic heterocycles. The fourth-order valence-electron chi connectivity index (χ4n) is 1.46. The van der Waals surface area contributed by atoms with Crippen molar-refractivity contribution in [3.8, 4) is 0 Å². The van der Waals surface area contributed by atoms with Crippen molar-refractivity contribution in [2.24, 2.45) is 5.73 Å². The van der Waals surface area contributed by atoms with Crippen LogP contribution in [0.25, 0.3) is 10.9 Å². The second-order valence-corrected chi connectivity index (χ2v) is 3.46. The van der Waals surface area contributed by atoms with E-state index in [1.807, 2.05) is 6.07 Å². The smallest absolute Gasteiger partial charge is 0.0659 e. The molecule has 2 aromatic rings. The number of H-pyrrole nitrogens is 1. The first-order valence-electron chi connectivity index (χ1n) is 4.27. The molecule has 0 aliphatic heterocycles. The van der Waals surface area contributed by atoms with Crippen LogP contribution in [0, 0.1) is 0 Å². The highest BCUT2D eigenvalue weighted by molar-refractivity contribution is 6.35. The molecule has 1 aromatic carbocycles. The number of nitrogens with two attached hydrogens (primary N) is 1. The third-order valence-electron chi connectivity index (χ3n) is 2.13. The van der Waals surface area contributed by atoms with Crippen molar-refractivity contribution >= 4 is 22.5 Å². The maximum Gasteiger partial charge on any atom is 0.0659 e. The van der Waals surface area contributed by atoms with Gasteiger partial charge in [-0.2, -0.15) is 0 Å². The Kier molecular flexibility index (Phi) is 2.25. The maximum atomic E-state index is 5.95. The minimum absolute atomic E-state index is 0.681. The number of fused-ring (bicyclic) bond motifs is 1. The van der Waals surface area contributed by atoms with Crippen LogP contribution < -0.4 is 5.73 Å². The summed E-state index contributed by atoms with van der Waals surface area (Å²) >= 11 is 5.95. The first kappa shape index (κ1) is 8.60. The van der Waals surface area contributed by atoms with Crippen LogP contribution in [-0.4, -0.2) is 11.5 Å². The van der Waals surface area contributed by atoms with Crippen LogP contribution in [0.4, 0.5) is 0 Å². The average molecular weight is 195 g/mol. The van der Waals surface area contributed by atoms with Crippen molar-refractivity contribution in [2.75, 3.05) is 6.54 Å². The highest BCUT2D eigenvalue weighted by Gasteiger charge is 2.01. The van der Waals surface area contributed by atoms with Crippen LogP contribution in [0.5, 0.6) is 0 Å². The number of halogens is 1. The summed E-state index contributed by atoms with van der Waals surface area (Å²) in [6.07, 6.45) is 2.71. The molecule has 68 valence electrons. The molecule has 0 atom stereocenters. The monoisotopic (exact) mass is 194 g/mol. The molecule has 2 rings (SSSR count). The van der Waals surface area contributed by atoms with E-state index >= 15 is 0 Å². The first-order valence-corrected chi connectivity index (χ1v) is 4.64. The fourth-order valence-corrected chi connectivity index (χ4v) is 1.68. The van der Waals surface area contributed by atoms with Gasteiger partial charge in [0.15, 0.2) is 0 Å². The zero-order chi connectivity index (χ0) is 9.26. The molecule has 0 spiro atoms. The number of benzene rings is 1. The Morgan fingerprint density at radius 1 is 1.38 bits per heavy atom. The maximum absolute atomic E-state index is 5.95. The number of nitrogens with one attached hydrogen (secondary N) is 1. The van der Waals surface area contributed by atoms with Gasteiger partial charge in [-0.1, -0.05) is 23.7 Å². The van der Waals surface area contributed by atoms with E-state index in [1.54, 1.807) is 6.20 Å². The minimum Gasteiger partial charge on any atom is -0.360 e. The molecule has 3 N–H and O–H groups in total. The first-order chi connectivity index (χ1) is 6.31. The zero-order valence-electron chi connectivity index (χ0n) is 7.18. The van der Waals surface area contributed by atoms with Gasteiger partial charge in [-0.3, -0.25) is 0 Å². The summed E-state index contributed by atoms with van der Waals surface area (Å²) in [6, 6.07) is 6.18. The Balaban J connectivity index is 2.50. The van der Waals surface area contributed by atoms with Crippen LogP contribution in [0.1, 0.15) is 5.56 Å². The van der Waals surface area contributed by atoms with Crippen molar-refractivity contribution in [1.82, 2.24) is 4.98 Å². The molecule has 0 saturated carbocycles. The molecule has 1 heterocycles. The summed E-state index contributed by atoms with van der Waals surface area (Å²) in [5.74, 6) is 0. The van der Waals surface area contributed by atoms with Crippen LogP contribution in [0.3, 0.4) is 0 Å². The van der Waals surface area contributed by atoms with Crippen LogP contribution in [0.15, 0.2) is 24.4 Å². The fraction of sp³-hybridized carbons (Fsp3) is 0.200. The van der Waals surface area contributed by atoms with Crippen molar-refractivity contribution < 1.29 is 0 Å². The van der Waals surface area contributed by atoms with Gasteiger partial charge in [0.25, 0.3) is 0 Å². The molecule has 0 aliphatic rings. The standard InChI is InChI=1S/C10H11ClN2/c11-9-6-13-10-5-7(3-4-12)1-2-8(9)10/h1-2,5-6,13H,3-4,12H2. The Morgan fingerprint density at radius 3 is 3.00 bits per heavy atom. The molecule has 0 amide bonds. The van der Waals surface area contributed by atoms with Crippen molar-refractivity contribution in [2.45, 2.75) is 6.42 Å². The average Bonchev–Trinajstić information content (AvgIpc) is 2.48. The van der Waals surface area contributed by atoms with E-state index in [0.29, 0.717) is 6.54 Å². The van der Waals surface area contributed by atoms with Gasteiger partial charge in [-0.25, -0.2) is 0 Å². The van der Waals surface area contributed by atoms with Crippen molar-refractivity contribution in [3.05, 3.63) is 35.0 Å². The van der Waals surface area contributed by atoms with E-state index in [4.69, 9.17) is 17.3 Å². The predicted molar refractivity (Wildman–Crippen MR) is 56.1 cm³/mol. The van der Waals surface area contributed by atoms with Gasteiger partial charge in [0.05, 0.1) is 5.02 Å². The van der Waals surface area contributed by atoms with Gasteiger partial charge < -0.3 is 10.7 Å². The quantitative estimate of drug-likeness (QED) is 0.757. The van der Waals surface area contributed by atoms with Crippen LogP contribution in [-0.2, 0) is 6.42 Å². The van der Waals surface area contributed by atoms with Crippen LogP contribution in [0.2, 0.25) is 5.02 Å². The molecule has 0 fully saturated rings. The topological polar surface area (TPSA) is 41.8 Å². The molecule has 3 heteroatoms. The number of rotatable bonds is 2. The summed E-state index contributed by atoms with van der Waals surface area (Å²) in [5, 5.41) is 1.84. The lowest BCUT2D eigenvalue weighted by atomic mass is 10.1. The van der Waals surface area contributed by atoms with E-state index in [2.05, 4.69) is 17.1 Å². The Morgan fingerprint density at radius 2 is 2.23 bits per heavy atom. The molecular formula is C10H11ClN2. The van der Waals surface area contributed by atoms with E-state index in [9.17, 15) is 0 Å². The molecule has 0 aliphatic carbocycles. The summed E-state index contributed by atoms with van der Waals surface area (Å²) in [7, 11) is 0. The second kappa shape index (κ2) is 3.40. The van der Waals surface area contributed by atoms with Gasteiger partial charge in [-0.05, 0) is 24.6 Å². The second-order valence-electron chi connectivity index (χ2n) is 3.06. The van der Waals surface area contributed by atoms with Gasteiger partial charge in [-0.15, -0.1) is 0 Å². The highest BCUT2D eigenvalue weighted by Crippen LogP contribution is 2.23. The Hall–Kier alpha value is -0.990. The number of aromatic nitrogens is 1. The zero-order valence-corrected chi connectivity index (χ0v) is 7.93. The Labute approximate surface area is 81.7 Å². The normalized spacial score (nSPS) is 10.9. The summed E-state index contributed by atoms with van der Waals surface area (Å²) in [6.45, 7) is 0.681. The summed E-state index contributed by atoms with van der Waals surface area (Å²) in [5.41, 5.74) is 7.80. The van der Waals surface area contributed by atoms with Gasteiger partial charge in [0.2, 0.25) is 0 Å². The van der Waals surface area contributed by atoms with E-state index in [1.165, 1.54) is 5.56 Å². The van der Waals surface area contributed by atoms with Crippen LogP contribution >= 0.6 is 11.6 Å². The van der Waals surface area contributed by atoms with E-state index < -0.39 is 0 Å². The van der Waals surface area contributed by atoms with E-state index in [-0.39, 0.29) is 0 Å². The SMILES string of the molecule is NCCc1ccc2c(Cl)c[nH]c2c1. The largest absolute Gasteiger partial charge is 0.360 e. The Bertz CT molecular complexity index is 420. The minimum atomic E-state index is 0.681. The summed E-state index contributed by atoms with van der Waals surface area (Å²) in [4.78, 5) is 3.11. The molecule has 2 nitrogen and oxygen atoms in total. The lowest BCUT2D eigenvalue weighted by Gasteiger charge is -1.98. The molecule has 0 unspecified atom stereocenters. The van der Waals surface area contributed by atoms with Gasteiger partial charge in [0.1, 0.15) is 0 Å². The molecular weight excluding hydrogens is 184 g/mol. The molecule has 13 heavy (non-hydrogen) atoms. The highest BCUT2D eigenvalue weighted by atomic mass is 35.5. The van der Waals surface area contributed by atoms with Crippen molar-refractivity contribution in [1.29, 1.82) is 0 Å². The molecule has 0 saturated heterocycles. The molecule has 0 bridgehead atoms. The third kappa shape index (κ3) is 1.55. The molecule has 0 radical (unpaired) electrons. The van der Waals surface area contributed by atoms with Gasteiger partial charge >= 0.3 is 0 Å².